The lowest BCUT2D eigenvalue weighted by Crippen LogP contribution is -2.55. The van der Waals surface area contributed by atoms with Crippen LogP contribution in [-0.4, -0.2) is 147 Å². The molecule has 0 aromatic heterocycles. The minimum atomic E-state index is -3.22. The summed E-state index contributed by atoms with van der Waals surface area (Å²) in [4.78, 5) is 48.2. The Morgan fingerprint density at radius 1 is 0.960 bits per heavy atom. The normalized spacial score (nSPS) is 20.9. The number of phenols is 1. The molecule has 0 aliphatic carbocycles. The molecule has 2 radical (unpaired) electrons. The van der Waals surface area contributed by atoms with Crippen LogP contribution in [0.25, 0.3) is 0 Å². The van der Waals surface area contributed by atoms with Gasteiger partial charge in [-0.3, -0.25) is 9.69 Å². The van der Waals surface area contributed by atoms with Crippen LogP contribution in [0.1, 0.15) is 36.8 Å². The number of nitrogens with zero attached hydrogens (tertiary/aromatic N) is 5. The van der Waals surface area contributed by atoms with Crippen molar-refractivity contribution in [2.45, 2.75) is 56.7 Å². The summed E-state index contributed by atoms with van der Waals surface area (Å²) in [6.45, 7) is 4.54. The number of urea groups is 1. The average molecular weight is 772 g/mol. The number of para-hydroxylation sites is 1. The Balaban J connectivity index is 1.07. The molecule has 268 valence electrons. The standard InChI is InChI=1S/C34H44BBrN6O7S/c1-50(47,48)41-18-16-38(17-19-41)25-7-11-39(12-8-25)32(44)30(22-23-20-27(35)31(43)28(36)21-23)49-34(46)40-13-9-26(10-14-40)42-15-6-24-4-2-3-5-29(24)37-33(42)45/h2-5,20-21,25-26,30,43H,6-19,22H2,1H3,(H,37,45)/t30-/m1/s1. The van der Waals surface area contributed by atoms with E-state index in [1.165, 1.54) is 10.6 Å². The van der Waals surface area contributed by atoms with Gasteiger partial charge in [-0.05, 0) is 71.3 Å². The van der Waals surface area contributed by atoms with E-state index >= 15 is 0 Å². The van der Waals surface area contributed by atoms with Crippen LogP contribution in [0, 0.1) is 0 Å². The number of piperazine rings is 1. The number of benzene rings is 2. The molecular formula is C34H44BBrN6O7S. The van der Waals surface area contributed by atoms with E-state index in [0.717, 1.165) is 30.5 Å². The van der Waals surface area contributed by atoms with Gasteiger partial charge >= 0.3 is 12.1 Å². The Morgan fingerprint density at radius 2 is 1.60 bits per heavy atom. The number of ether oxygens (including phenoxy) is 1. The van der Waals surface area contributed by atoms with E-state index in [1.807, 2.05) is 29.2 Å². The highest BCUT2D eigenvalue weighted by Crippen LogP contribution is 2.27. The lowest BCUT2D eigenvalue weighted by Gasteiger charge is -2.42. The number of hydrogen-bond donors (Lipinski definition) is 2. The highest BCUT2D eigenvalue weighted by molar-refractivity contribution is 9.10. The van der Waals surface area contributed by atoms with E-state index in [1.54, 1.807) is 21.9 Å². The van der Waals surface area contributed by atoms with Gasteiger partial charge in [-0.15, -0.1) is 0 Å². The maximum atomic E-state index is 14.0. The first-order chi connectivity index (χ1) is 23.9. The summed E-state index contributed by atoms with van der Waals surface area (Å²) in [7, 11) is 2.79. The Kier molecular flexibility index (Phi) is 11.3. The van der Waals surface area contributed by atoms with Crippen LogP contribution in [0.3, 0.4) is 0 Å². The number of piperidine rings is 2. The predicted octanol–water partition coefficient (Wildman–Crippen LogP) is 2.12. The maximum absolute atomic E-state index is 14.0. The molecule has 4 aliphatic rings. The number of hydrogen-bond acceptors (Lipinski definition) is 8. The summed E-state index contributed by atoms with van der Waals surface area (Å²) in [5, 5.41) is 13.2. The Morgan fingerprint density at radius 3 is 2.26 bits per heavy atom. The molecule has 13 nitrogen and oxygen atoms in total. The molecule has 4 heterocycles. The van der Waals surface area contributed by atoms with E-state index in [9.17, 15) is 27.9 Å². The van der Waals surface area contributed by atoms with Gasteiger partial charge in [0.1, 0.15) is 13.6 Å². The second-order valence-electron chi connectivity index (χ2n) is 13.6. The highest BCUT2D eigenvalue weighted by Gasteiger charge is 2.37. The number of sulfonamides is 1. The van der Waals surface area contributed by atoms with Gasteiger partial charge in [0.15, 0.2) is 6.10 Å². The van der Waals surface area contributed by atoms with Gasteiger partial charge in [0, 0.05) is 83.1 Å². The van der Waals surface area contributed by atoms with E-state index in [4.69, 9.17) is 12.6 Å². The van der Waals surface area contributed by atoms with E-state index in [-0.39, 0.29) is 41.7 Å². The van der Waals surface area contributed by atoms with Gasteiger partial charge < -0.3 is 29.9 Å². The van der Waals surface area contributed by atoms with Gasteiger partial charge in [0.05, 0.1) is 10.7 Å². The van der Waals surface area contributed by atoms with Gasteiger partial charge in [-0.1, -0.05) is 29.7 Å². The van der Waals surface area contributed by atoms with Crippen LogP contribution in [-0.2, 0) is 32.4 Å². The second-order valence-corrected chi connectivity index (χ2v) is 16.4. The van der Waals surface area contributed by atoms with E-state index in [0.29, 0.717) is 81.8 Å². The molecule has 0 saturated carbocycles. The first-order valence-electron chi connectivity index (χ1n) is 17.2. The third-order valence-corrected chi connectivity index (χ3v) is 12.3. The quantitative estimate of drug-likeness (QED) is 0.408. The zero-order valence-electron chi connectivity index (χ0n) is 28.3. The summed E-state index contributed by atoms with van der Waals surface area (Å²) >= 11 is 3.31. The Hall–Kier alpha value is -3.34. The topological polar surface area (TPSA) is 143 Å². The molecule has 0 bridgehead atoms. The fourth-order valence-corrected chi connectivity index (χ4v) is 8.89. The minimum absolute atomic E-state index is 0.0289. The molecule has 4 amide bonds. The summed E-state index contributed by atoms with van der Waals surface area (Å²) < 4.78 is 31.7. The summed E-state index contributed by atoms with van der Waals surface area (Å²) in [6, 6.07) is 11.1. The zero-order chi connectivity index (χ0) is 35.6. The van der Waals surface area contributed by atoms with Gasteiger partial charge in [-0.25, -0.2) is 18.0 Å². The third kappa shape index (κ3) is 8.40. The lowest BCUT2D eigenvalue weighted by atomic mass is 9.91. The number of phenolic OH excluding ortho intramolecular Hbond substituents is 1. The van der Waals surface area contributed by atoms with Crippen molar-refractivity contribution in [3.8, 4) is 5.75 Å². The van der Waals surface area contributed by atoms with Crippen molar-refractivity contribution < 1.29 is 32.6 Å². The minimum Gasteiger partial charge on any atom is -0.507 e. The van der Waals surface area contributed by atoms with Crippen LogP contribution in [0.4, 0.5) is 15.3 Å². The molecular weight excluding hydrogens is 727 g/mol. The molecule has 50 heavy (non-hydrogen) atoms. The van der Waals surface area contributed by atoms with E-state index in [2.05, 4.69) is 26.1 Å². The largest absolute Gasteiger partial charge is 0.507 e. The molecule has 2 N–H and O–H groups in total. The van der Waals surface area contributed by atoms with Crippen molar-refractivity contribution in [2.24, 2.45) is 0 Å². The Bertz CT molecular complexity index is 1670. The van der Waals surface area contributed by atoms with Crippen LogP contribution in [0.15, 0.2) is 40.9 Å². The van der Waals surface area contributed by atoms with Gasteiger partial charge in [0.25, 0.3) is 5.91 Å². The molecule has 6 rings (SSSR count). The van der Waals surface area contributed by atoms with Gasteiger partial charge in [0.2, 0.25) is 10.0 Å². The number of carbonyl (C=O) groups excluding carboxylic acids is 3. The smallest absolute Gasteiger partial charge is 0.410 e. The molecule has 3 saturated heterocycles. The number of fused-ring (bicyclic) bond motifs is 1. The summed E-state index contributed by atoms with van der Waals surface area (Å²) in [5.41, 5.74) is 2.70. The van der Waals surface area contributed by atoms with Crippen molar-refractivity contribution in [1.29, 1.82) is 0 Å². The molecule has 0 spiro atoms. The predicted molar refractivity (Wildman–Crippen MR) is 193 cm³/mol. The van der Waals surface area contributed by atoms with Crippen LogP contribution >= 0.6 is 15.9 Å². The summed E-state index contributed by atoms with van der Waals surface area (Å²) in [6.07, 6.45) is 2.99. The molecule has 0 unspecified atom stereocenters. The van der Waals surface area contributed by atoms with Crippen LogP contribution in [0.2, 0.25) is 0 Å². The van der Waals surface area contributed by atoms with Crippen molar-refractivity contribution >= 4 is 63.0 Å². The van der Waals surface area contributed by atoms with E-state index < -0.39 is 22.2 Å². The summed E-state index contributed by atoms with van der Waals surface area (Å²) in [5.74, 6) is -0.393. The fourth-order valence-electron chi connectivity index (χ4n) is 7.54. The number of amides is 4. The van der Waals surface area contributed by atoms with Gasteiger partial charge in [-0.2, -0.15) is 4.31 Å². The first-order valence-corrected chi connectivity index (χ1v) is 19.9. The van der Waals surface area contributed by atoms with Crippen molar-refractivity contribution in [3.63, 3.8) is 0 Å². The SMILES string of the molecule is [B]c1cc(C[C@@H](OC(=O)N2CCC(N3CCc4ccccc4NC3=O)CC2)C(=O)N2CCC(N3CCN(S(C)(=O)=O)CC3)CC2)cc(Br)c1O. The number of anilines is 1. The lowest BCUT2D eigenvalue weighted by molar-refractivity contribution is -0.142. The monoisotopic (exact) mass is 770 g/mol. The number of aromatic hydroxyl groups is 1. The van der Waals surface area contributed by atoms with Crippen molar-refractivity contribution in [2.75, 3.05) is 70.5 Å². The fraction of sp³-hybridized carbons (Fsp3) is 0.559. The number of likely N-dealkylation sites (tertiary alicyclic amines) is 2. The number of carbonyl (C=O) groups is 3. The first kappa shape index (κ1) is 36.5. The van der Waals surface area contributed by atoms with Crippen LogP contribution in [0.5, 0.6) is 5.75 Å². The Labute approximate surface area is 303 Å². The highest BCUT2D eigenvalue weighted by atomic mass is 79.9. The third-order valence-electron chi connectivity index (χ3n) is 10.4. The molecule has 1 atom stereocenters. The zero-order valence-corrected chi connectivity index (χ0v) is 30.7. The number of rotatable bonds is 7. The number of halogens is 1. The molecule has 2 aromatic rings. The molecule has 4 aliphatic heterocycles. The second kappa shape index (κ2) is 15.5. The molecule has 3 fully saturated rings. The van der Waals surface area contributed by atoms with Crippen molar-refractivity contribution in [3.05, 3.63) is 52.0 Å². The van der Waals surface area contributed by atoms with Crippen molar-refractivity contribution in [1.82, 2.24) is 23.9 Å². The number of nitrogens with one attached hydrogen (secondary N) is 1. The molecule has 16 heteroatoms. The molecule has 2 aromatic carbocycles. The maximum Gasteiger partial charge on any atom is 0.410 e. The average Bonchev–Trinajstić information content (AvgIpc) is 3.27. The van der Waals surface area contributed by atoms with Crippen LogP contribution < -0.4 is 10.8 Å².